The molecule has 0 saturated carbocycles. The van der Waals surface area contributed by atoms with Gasteiger partial charge in [-0.1, -0.05) is 11.6 Å². The summed E-state index contributed by atoms with van der Waals surface area (Å²) < 4.78 is 5.54. The van der Waals surface area contributed by atoms with Crippen LogP contribution in [0.2, 0.25) is 0 Å². The summed E-state index contributed by atoms with van der Waals surface area (Å²) in [5, 5.41) is 5.25. The van der Waals surface area contributed by atoms with Gasteiger partial charge in [0.1, 0.15) is 5.75 Å². The fourth-order valence-electron chi connectivity index (χ4n) is 4.00. The molecule has 3 heterocycles. The second kappa shape index (κ2) is 8.20. The van der Waals surface area contributed by atoms with Gasteiger partial charge in [-0.3, -0.25) is 19.3 Å². The highest BCUT2D eigenvalue weighted by Crippen LogP contribution is 2.32. The zero-order valence-corrected chi connectivity index (χ0v) is 18.3. The summed E-state index contributed by atoms with van der Waals surface area (Å²) >= 11 is 1.37. The number of amides is 3. The van der Waals surface area contributed by atoms with Crippen LogP contribution in [0.15, 0.2) is 41.8 Å². The Kier molecular flexibility index (Phi) is 5.22. The number of aromatic nitrogens is 1. The van der Waals surface area contributed by atoms with Gasteiger partial charge in [0.05, 0.1) is 23.4 Å². The summed E-state index contributed by atoms with van der Waals surface area (Å²) in [4.78, 5) is 43.1. The number of rotatable bonds is 6. The van der Waals surface area contributed by atoms with Crippen LogP contribution in [0.25, 0.3) is 11.3 Å². The second-order valence-electron chi connectivity index (χ2n) is 7.92. The predicted octanol–water partition coefficient (Wildman–Crippen LogP) is 4.07. The largest absolute Gasteiger partial charge is 0.493 e. The van der Waals surface area contributed by atoms with Gasteiger partial charge in [0.15, 0.2) is 5.13 Å². The highest BCUT2D eigenvalue weighted by atomic mass is 32.1. The number of aryl methyl sites for hydroxylation is 1. The number of imide groups is 1. The van der Waals surface area contributed by atoms with E-state index in [-0.39, 0.29) is 30.7 Å². The lowest BCUT2D eigenvalue weighted by atomic mass is 10.1. The Balaban J connectivity index is 1.15. The van der Waals surface area contributed by atoms with Crippen molar-refractivity contribution in [3.05, 3.63) is 64.0 Å². The number of fused-ring (bicyclic) bond motifs is 2. The number of benzene rings is 2. The molecule has 5 rings (SSSR count). The van der Waals surface area contributed by atoms with E-state index in [0.29, 0.717) is 29.3 Å². The van der Waals surface area contributed by atoms with Crippen LogP contribution in [0.1, 0.15) is 44.7 Å². The minimum atomic E-state index is -0.297. The number of carbonyl (C=O) groups is 3. The molecule has 0 unspecified atom stereocenters. The van der Waals surface area contributed by atoms with E-state index in [1.807, 2.05) is 30.5 Å². The number of ether oxygens (including phenoxy) is 1. The molecule has 0 saturated heterocycles. The van der Waals surface area contributed by atoms with Crippen LogP contribution >= 0.6 is 11.3 Å². The van der Waals surface area contributed by atoms with Crippen LogP contribution in [0.5, 0.6) is 5.75 Å². The maximum atomic E-state index is 12.5. The molecule has 7 nitrogen and oxygen atoms in total. The van der Waals surface area contributed by atoms with E-state index in [9.17, 15) is 14.4 Å². The number of anilines is 1. The molecule has 8 heteroatoms. The van der Waals surface area contributed by atoms with Crippen molar-refractivity contribution >= 4 is 34.2 Å². The van der Waals surface area contributed by atoms with Crippen molar-refractivity contribution in [3.8, 4) is 17.0 Å². The normalized spacial score (nSPS) is 14.3. The molecular formula is C24H21N3O4S. The Morgan fingerprint density at radius 2 is 2.00 bits per heavy atom. The quantitative estimate of drug-likeness (QED) is 0.576. The van der Waals surface area contributed by atoms with Crippen molar-refractivity contribution in [1.29, 1.82) is 0 Å². The first-order valence-corrected chi connectivity index (χ1v) is 11.4. The zero-order valence-electron chi connectivity index (χ0n) is 17.5. The van der Waals surface area contributed by atoms with Gasteiger partial charge in [-0.25, -0.2) is 4.98 Å². The summed E-state index contributed by atoms with van der Waals surface area (Å²) in [5.74, 6) is 0.138. The van der Waals surface area contributed by atoms with Crippen LogP contribution in [-0.4, -0.2) is 40.8 Å². The van der Waals surface area contributed by atoms with E-state index >= 15 is 0 Å². The molecule has 0 bridgehead atoms. The van der Waals surface area contributed by atoms with E-state index in [1.165, 1.54) is 21.8 Å². The number of carbonyl (C=O) groups excluding carboxylic acids is 3. The molecule has 2 aliphatic rings. The molecule has 0 fully saturated rings. The summed E-state index contributed by atoms with van der Waals surface area (Å²) in [5.41, 5.74) is 4.77. The average Bonchev–Trinajstić information content (AvgIpc) is 3.49. The van der Waals surface area contributed by atoms with Gasteiger partial charge in [0, 0.05) is 30.3 Å². The second-order valence-corrected chi connectivity index (χ2v) is 8.78. The highest BCUT2D eigenvalue weighted by Gasteiger charge is 2.35. The van der Waals surface area contributed by atoms with Gasteiger partial charge in [0.2, 0.25) is 5.91 Å². The van der Waals surface area contributed by atoms with E-state index in [4.69, 9.17) is 4.74 Å². The van der Waals surface area contributed by atoms with E-state index < -0.39 is 0 Å². The number of nitrogens with zero attached hydrogens (tertiary/aromatic N) is 2. The Labute approximate surface area is 189 Å². The lowest BCUT2D eigenvalue weighted by Crippen LogP contribution is -2.31. The molecule has 2 aliphatic heterocycles. The van der Waals surface area contributed by atoms with Gasteiger partial charge in [-0.15, -0.1) is 11.3 Å². The third-order valence-electron chi connectivity index (χ3n) is 5.65. The van der Waals surface area contributed by atoms with E-state index in [2.05, 4.69) is 16.4 Å². The topological polar surface area (TPSA) is 88.6 Å². The SMILES string of the molecule is Cc1ccc2c(c1)C(=O)N(CCCC(=O)Nc1nc(-c3ccc4c(c3)CCO4)cs1)C2=O. The molecule has 0 aliphatic carbocycles. The maximum absolute atomic E-state index is 12.5. The Bertz CT molecular complexity index is 1250. The van der Waals surface area contributed by atoms with Crippen LogP contribution < -0.4 is 10.1 Å². The smallest absolute Gasteiger partial charge is 0.261 e. The Morgan fingerprint density at radius 3 is 2.88 bits per heavy atom. The van der Waals surface area contributed by atoms with Gasteiger partial charge >= 0.3 is 0 Å². The molecule has 3 amide bonds. The van der Waals surface area contributed by atoms with Crippen LogP contribution in [0, 0.1) is 6.92 Å². The van der Waals surface area contributed by atoms with Crippen LogP contribution in [0.4, 0.5) is 5.13 Å². The first-order chi connectivity index (χ1) is 15.5. The van der Waals surface area contributed by atoms with Gasteiger partial charge in [-0.2, -0.15) is 0 Å². The van der Waals surface area contributed by atoms with Crippen molar-refractivity contribution in [2.24, 2.45) is 0 Å². The molecule has 0 spiro atoms. The minimum absolute atomic E-state index is 0.192. The molecule has 32 heavy (non-hydrogen) atoms. The van der Waals surface area contributed by atoms with E-state index in [1.54, 1.807) is 12.1 Å². The summed E-state index contributed by atoms with van der Waals surface area (Å²) in [6, 6.07) is 11.2. The number of hydrogen-bond acceptors (Lipinski definition) is 6. The fraction of sp³-hybridized carbons (Fsp3) is 0.250. The highest BCUT2D eigenvalue weighted by molar-refractivity contribution is 7.14. The maximum Gasteiger partial charge on any atom is 0.261 e. The molecule has 3 aromatic rings. The van der Waals surface area contributed by atoms with Crippen LogP contribution in [-0.2, 0) is 11.2 Å². The lowest BCUT2D eigenvalue weighted by Gasteiger charge is -2.13. The van der Waals surface area contributed by atoms with Crippen LogP contribution in [0.3, 0.4) is 0 Å². The van der Waals surface area contributed by atoms with Gasteiger partial charge in [0.25, 0.3) is 11.8 Å². The van der Waals surface area contributed by atoms with Crippen molar-refractivity contribution in [2.45, 2.75) is 26.2 Å². The molecule has 0 atom stereocenters. The van der Waals surface area contributed by atoms with Gasteiger partial charge < -0.3 is 10.1 Å². The number of nitrogens with one attached hydrogen (secondary N) is 1. The number of hydrogen-bond donors (Lipinski definition) is 1. The lowest BCUT2D eigenvalue weighted by molar-refractivity contribution is -0.116. The first kappa shape index (κ1) is 20.4. The predicted molar refractivity (Wildman–Crippen MR) is 121 cm³/mol. The molecular weight excluding hydrogens is 426 g/mol. The third-order valence-corrected chi connectivity index (χ3v) is 6.41. The van der Waals surface area contributed by atoms with Crippen molar-refractivity contribution < 1.29 is 19.1 Å². The monoisotopic (exact) mass is 447 g/mol. The molecule has 0 radical (unpaired) electrons. The van der Waals surface area contributed by atoms with Crippen molar-refractivity contribution in [2.75, 3.05) is 18.5 Å². The Morgan fingerprint density at radius 1 is 1.16 bits per heavy atom. The average molecular weight is 448 g/mol. The molecule has 2 aromatic carbocycles. The first-order valence-electron chi connectivity index (χ1n) is 10.5. The van der Waals surface area contributed by atoms with Crippen molar-refractivity contribution in [3.63, 3.8) is 0 Å². The summed E-state index contributed by atoms with van der Waals surface area (Å²) in [7, 11) is 0. The summed E-state index contributed by atoms with van der Waals surface area (Å²) in [6.45, 7) is 2.80. The number of thiazole rings is 1. The zero-order chi connectivity index (χ0) is 22.2. The van der Waals surface area contributed by atoms with E-state index in [0.717, 1.165) is 29.0 Å². The minimum Gasteiger partial charge on any atom is -0.493 e. The Hall–Kier alpha value is -3.52. The third kappa shape index (κ3) is 3.78. The van der Waals surface area contributed by atoms with Crippen molar-refractivity contribution in [1.82, 2.24) is 9.88 Å². The molecule has 1 N–H and O–H groups in total. The molecule has 162 valence electrons. The standard InChI is InChI=1S/C24H21N3O4S/c1-14-4-6-17-18(11-14)23(30)27(22(17)29)9-2-3-21(28)26-24-25-19(13-32-24)15-5-7-20-16(12-15)8-10-31-20/h4-7,11-13H,2-3,8-10H2,1H3,(H,25,26,28). The molecule has 1 aromatic heterocycles. The summed E-state index contributed by atoms with van der Waals surface area (Å²) in [6.07, 6.45) is 1.47. The fourth-order valence-corrected chi connectivity index (χ4v) is 4.73. The van der Waals surface area contributed by atoms with Gasteiger partial charge in [-0.05, 0) is 49.2 Å².